The Morgan fingerprint density at radius 3 is 2.32 bits per heavy atom. The average molecular weight is 417 g/mol. The second kappa shape index (κ2) is 7.87. The summed E-state index contributed by atoms with van der Waals surface area (Å²) in [5, 5.41) is 2.62. The first kappa shape index (κ1) is 20.6. The maximum absolute atomic E-state index is 14.0. The van der Waals surface area contributed by atoms with Crippen LogP contribution < -0.4 is 5.32 Å². The zero-order valence-electron chi connectivity index (χ0n) is 18.0. The minimum Gasteiger partial charge on any atom is -0.318 e. The SMILES string of the molecule is Cc1cc(C)cc(-n2c(C)cc(C=C3NC(=O)N(Cc4ccccc4F)C3=O)c2C)c1. The topological polar surface area (TPSA) is 54.3 Å². The van der Waals surface area contributed by atoms with Crippen LogP contribution in [0.5, 0.6) is 0 Å². The summed E-state index contributed by atoms with van der Waals surface area (Å²) in [5.41, 5.74) is 6.70. The number of urea groups is 1. The number of hydrogen-bond acceptors (Lipinski definition) is 2. The molecule has 1 aliphatic heterocycles. The van der Waals surface area contributed by atoms with E-state index in [1.54, 1.807) is 24.3 Å². The number of nitrogens with zero attached hydrogens (tertiary/aromatic N) is 2. The summed E-state index contributed by atoms with van der Waals surface area (Å²) in [6, 6.07) is 13.9. The molecule has 0 saturated carbocycles. The Kier molecular flexibility index (Phi) is 5.23. The van der Waals surface area contributed by atoms with Gasteiger partial charge in [-0.05, 0) is 74.7 Å². The second-order valence-electron chi connectivity index (χ2n) is 7.98. The lowest BCUT2D eigenvalue weighted by atomic mass is 10.1. The molecule has 0 aliphatic carbocycles. The fourth-order valence-corrected chi connectivity index (χ4v) is 4.08. The molecule has 2 heterocycles. The number of carbonyl (C=O) groups excluding carboxylic acids is 2. The van der Waals surface area contributed by atoms with E-state index in [9.17, 15) is 14.0 Å². The molecule has 3 amide bonds. The van der Waals surface area contributed by atoms with Crippen LogP contribution in [0.1, 0.15) is 33.6 Å². The van der Waals surface area contributed by atoms with Crippen molar-refractivity contribution in [3.63, 3.8) is 0 Å². The third-order valence-corrected chi connectivity index (χ3v) is 5.48. The molecular weight excluding hydrogens is 393 g/mol. The quantitative estimate of drug-likeness (QED) is 0.483. The smallest absolute Gasteiger partial charge is 0.318 e. The number of rotatable bonds is 4. The van der Waals surface area contributed by atoms with Crippen molar-refractivity contribution in [2.24, 2.45) is 0 Å². The predicted molar refractivity (Wildman–Crippen MR) is 118 cm³/mol. The lowest BCUT2D eigenvalue weighted by Gasteiger charge is -2.12. The molecule has 6 heteroatoms. The van der Waals surface area contributed by atoms with E-state index < -0.39 is 17.8 Å². The van der Waals surface area contributed by atoms with Crippen LogP contribution in [0.3, 0.4) is 0 Å². The summed E-state index contributed by atoms with van der Waals surface area (Å²) < 4.78 is 16.1. The molecule has 31 heavy (non-hydrogen) atoms. The molecule has 1 N–H and O–H groups in total. The van der Waals surface area contributed by atoms with Gasteiger partial charge in [0, 0.05) is 22.6 Å². The normalized spacial score (nSPS) is 15.1. The van der Waals surface area contributed by atoms with Gasteiger partial charge in [-0.3, -0.25) is 9.69 Å². The van der Waals surface area contributed by atoms with Crippen molar-refractivity contribution in [2.45, 2.75) is 34.2 Å². The van der Waals surface area contributed by atoms with E-state index in [2.05, 4.69) is 41.9 Å². The highest BCUT2D eigenvalue weighted by Gasteiger charge is 2.34. The van der Waals surface area contributed by atoms with Gasteiger partial charge >= 0.3 is 6.03 Å². The van der Waals surface area contributed by atoms with Gasteiger partial charge in [-0.25, -0.2) is 9.18 Å². The van der Waals surface area contributed by atoms with Crippen LogP contribution >= 0.6 is 0 Å². The molecule has 1 fully saturated rings. The molecule has 0 atom stereocenters. The largest absolute Gasteiger partial charge is 0.329 e. The maximum Gasteiger partial charge on any atom is 0.329 e. The Morgan fingerprint density at radius 2 is 1.65 bits per heavy atom. The molecule has 1 aromatic heterocycles. The minimum atomic E-state index is -0.553. The fourth-order valence-electron chi connectivity index (χ4n) is 4.08. The first-order valence-corrected chi connectivity index (χ1v) is 10.1. The average Bonchev–Trinajstić information content (AvgIpc) is 3.12. The van der Waals surface area contributed by atoms with Crippen LogP contribution in [-0.4, -0.2) is 21.4 Å². The van der Waals surface area contributed by atoms with Crippen LogP contribution in [0.15, 0.2) is 54.2 Å². The molecule has 0 radical (unpaired) electrons. The van der Waals surface area contributed by atoms with E-state index in [0.29, 0.717) is 5.56 Å². The molecule has 0 unspecified atom stereocenters. The first-order chi connectivity index (χ1) is 14.7. The third-order valence-electron chi connectivity index (χ3n) is 5.48. The van der Waals surface area contributed by atoms with Gasteiger partial charge in [-0.1, -0.05) is 24.3 Å². The number of amides is 3. The van der Waals surface area contributed by atoms with Crippen LogP contribution in [0.25, 0.3) is 11.8 Å². The Bertz CT molecular complexity index is 1220. The maximum atomic E-state index is 14.0. The third kappa shape index (κ3) is 3.89. The Morgan fingerprint density at radius 1 is 0.968 bits per heavy atom. The van der Waals surface area contributed by atoms with E-state index in [4.69, 9.17) is 0 Å². The van der Waals surface area contributed by atoms with E-state index >= 15 is 0 Å². The van der Waals surface area contributed by atoms with Crippen LogP contribution in [0.2, 0.25) is 0 Å². The highest BCUT2D eigenvalue weighted by atomic mass is 19.1. The van der Waals surface area contributed by atoms with Gasteiger partial charge in [0.15, 0.2) is 0 Å². The van der Waals surface area contributed by atoms with Crippen molar-refractivity contribution in [1.82, 2.24) is 14.8 Å². The van der Waals surface area contributed by atoms with Crippen molar-refractivity contribution in [3.8, 4) is 5.69 Å². The molecular formula is C25H24FN3O2. The summed E-state index contributed by atoms with van der Waals surface area (Å²) in [7, 11) is 0. The summed E-state index contributed by atoms with van der Waals surface area (Å²) in [4.78, 5) is 26.2. The van der Waals surface area contributed by atoms with E-state index in [1.165, 1.54) is 17.2 Å². The Balaban J connectivity index is 1.66. The molecule has 4 rings (SSSR count). The summed E-state index contributed by atoms with van der Waals surface area (Å²) >= 11 is 0. The van der Waals surface area contributed by atoms with Crippen LogP contribution in [-0.2, 0) is 11.3 Å². The van der Waals surface area contributed by atoms with Crippen molar-refractivity contribution in [1.29, 1.82) is 0 Å². The molecule has 5 nitrogen and oxygen atoms in total. The number of aromatic nitrogens is 1. The molecule has 158 valence electrons. The predicted octanol–water partition coefficient (Wildman–Crippen LogP) is 4.94. The van der Waals surface area contributed by atoms with Crippen LogP contribution in [0.4, 0.5) is 9.18 Å². The lowest BCUT2D eigenvalue weighted by molar-refractivity contribution is -0.123. The van der Waals surface area contributed by atoms with Crippen molar-refractivity contribution < 1.29 is 14.0 Å². The molecule has 1 saturated heterocycles. The highest BCUT2D eigenvalue weighted by Crippen LogP contribution is 2.25. The highest BCUT2D eigenvalue weighted by molar-refractivity contribution is 6.14. The zero-order chi connectivity index (χ0) is 22.3. The zero-order valence-corrected chi connectivity index (χ0v) is 18.0. The van der Waals surface area contributed by atoms with Gasteiger partial charge < -0.3 is 9.88 Å². The molecule has 0 bridgehead atoms. The van der Waals surface area contributed by atoms with Crippen molar-refractivity contribution in [3.05, 3.63) is 93.7 Å². The number of aryl methyl sites for hydroxylation is 3. The number of carbonyl (C=O) groups is 2. The lowest BCUT2D eigenvalue weighted by Crippen LogP contribution is -2.30. The molecule has 0 spiro atoms. The summed E-state index contributed by atoms with van der Waals surface area (Å²) in [6.45, 7) is 7.99. The number of halogens is 1. The van der Waals surface area contributed by atoms with E-state index in [-0.39, 0.29) is 12.2 Å². The summed E-state index contributed by atoms with van der Waals surface area (Å²) in [5.74, 6) is -0.915. The standard InChI is InChI=1S/C25H24FN3O2/c1-15-9-16(2)11-21(10-15)29-17(3)12-20(18(29)4)13-23-24(30)28(25(31)27-23)14-19-7-5-6-8-22(19)26/h5-13H,14H2,1-4H3,(H,27,31). The Hall–Kier alpha value is -3.67. The monoisotopic (exact) mass is 417 g/mol. The molecule has 1 aliphatic rings. The van der Waals surface area contributed by atoms with Gasteiger partial charge in [0.05, 0.1) is 6.54 Å². The van der Waals surface area contributed by atoms with Crippen molar-refractivity contribution in [2.75, 3.05) is 0 Å². The number of benzene rings is 2. The van der Waals surface area contributed by atoms with Gasteiger partial charge in [0.2, 0.25) is 0 Å². The number of hydrogen-bond donors (Lipinski definition) is 1. The first-order valence-electron chi connectivity index (χ1n) is 10.1. The summed E-state index contributed by atoms with van der Waals surface area (Å²) in [6.07, 6.45) is 1.68. The van der Waals surface area contributed by atoms with Gasteiger partial charge in [-0.15, -0.1) is 0 Å². The van der Waals surface area contributed by atoms with Gasteiger partial charge in [0.1, 0.15) is 11.5 Å². The fraction of sp³-hybridized carbons (Fsp3) is 0.200. The van der Waals surface area contributed by atoms with Crippen LogP contribution in [0, 0.1) is 33.5 Å². The van der Waals surface area contributed by atoms with E-state index in [0.717, 1.165) is 27.5 Å². The minimum absolute atomic E-state index is 0.115. The van der Waals surface area contributed by atoms with E-state index in [1.807, 2.05) is 19.9 Å². The molecule has 3 aromatic rings. The second-order valence-corrected chi connectivity index (χ2v) is 7.98. The number of imide groups is 1. The van der Waals surface area contributed by atoms with Gasteiger partial charge in [-0.2, -0.15) is 0 Å². The Labute approximate surface area is 180 Å². The number of nitrogens with one attached hydrogen (secondary N) is 1. The molecule has 2 aromatic carbocycles. The van der Waals surface area contributed by atoms with Crippen molar-refractivity contribution >= 4 is 18.0 Å². The van der Waals surface area contributed by atoms with Gasteiger partial charge in [0.25, 0.3) is 5.91 Å².